The summed E-state index contributed by atoms with van der Waals surface area (Å²) in [5.74, 6) is -11.2. The van der Waals surface area contributed by atoms with Gasteiger partial charge in [-0.2, -0.15) is 13.2 Å². The summed E-state index contributed by atoms with van der Waals surface area (Å²) in [4.78, 5) is 190. The molecule has 0 aromatic heterocycles. The summed E-state index contributed by atoms with van der Waals surface area (Å²) in [6.07, 6.45) is -0.854. The van der Waals surface area contributed by atoms with Gasteiger partial charge in [-0.05, 0) is 119 Å². The SMILES string of the molecule is CCCOC[C@H]1C(=O)N(C)CC(=O)N[C@@H](CCc2ccc(C(F)(F)F)c(F)c2)C(=O)N2CCC[C@H]2C(=O)NC2(CCCC2)C(=O)N(C)[C@@H]([C@@H](C)CC)C(=O)N(C)[C@H](C(=O)N2CCCCC2)CC(=O)N(C)[C@@H](CC(C)C)C(=O)N[C@@H]([C@@H](C)CC)C(=O)N(C)[C@@H](C)C(=O)N2CC[C@H]2C(=O)N1C. The summed E-state index contributed by atoms with van der Waals surface area (Å²) in [6, 6.07) is -9.32. The molecule has 1 aromatic rings. The van der Waals surface area contributed by atoms with Crippen molar-refractivity contribution in [2.75, 3.05) is 88.2 Å². The number of amides is 12. The summed E-state index contributed by atoms with van der Waals surface area (Å²) >= 11 is 0. The van der Waals surface area contributed by atoms with Crippen LogP contribution >= 0.6 is 0 Å². The number of carbonyl (C=O) groups is 12. The molecule has 1 saturated carbocycles. The van der Waals surface area contributed by atoms with Crippen molar-refractivity contribution in [3.63, 3.8) is 0 Å². The van der Waals surface area contributed by atoms with Crippen molar-refractivity contribution >= 4 is 70.9 Å². The molecule has 1 aromatic carbocycles. The van der Waals surface area contributed by atoms with Crippen LogP contribution in [0.15, 0.2) is 18.2 Å². The van der Waals surface area contributed by atoms with Crippen LogP contribution in [-0.2, 0) is 74.9 Å². The lowest BCUT2D eigenvalue weighted by molar-refractivity contribution is -0.161. The van der Waals surface area contributed by atoms with Crippen LogP contribution in [-0.4, -0.2) is 263 Å². The second-order valence-electron chi connectivity index (χ2n) is 28.5. The number of hydrogen-bond acceptors (Lipinski definition) is 13. The quantitative estimate of drug-likeness (QED) is 0.173. The predicted octanol–water partition coefficient (Wildman–Crippen LogP) is 4.36. The fraction of sp³-hybridized carbons (Fsp3) is 0.743. The van der Waals surface area contributed by atoms with E-state index in [2.05, 4.69) is 16.0 Å². The van der Waals surface area contributed by atoms with E-state index in [4.69, 9.17) is 4.74 Å². The molecule has 554 valence electrons. The Hall–Kier alpha value is -7.46. The minimum atomic E-state index is -5.01. The highest BCUT2D eigenvalue weighted by molar-refractivity contribution is 6.01. The molecule has 11 atom stereocenters. The number of ether oxygens (including phenoxy) is 1. The molecule has 25 nitrogen and oxygen atoms in total. The smallest absolute Gasteiger partial charge is 0.379 e. The molecule has 99 heavy (non-hydrogen) atoms. The van der Waals surface area contributed by atoms with Gasteiger partial charge in [0.15, 0.2) is 0 Å². The lowest BCUT2D eigenvalue weighted by Gasteiger charge is -2.45. The molecule has 0 radical (unpaired) electrons. The maximum atomic E-state index is 15.5. The Bertz CT molecular complexity index is 3090. The van der Waals surface area contributed by atoms with Crippen LogP contribution < -0.4 is 16.0 Å². The number of likely N-dealkylation sites (tertiary alicyclic amines) is 1. The van der Waals surface area contributed by atoms with Crippen molar-refractivity contribution in [2.24, 2.45) is 17.8 Å². The van der Waals surface area contributed by atoms with E-state index >= 15 is 28.4 Å². The van der Waals surface area contributed by atoms with Gasteiger partial charge in [0.1, 0.15) is 65.7 Å². The minimum absolute atomic E-state index is 0.0220. The Morgan fingerprint density at radius 2 is 1.29 bits per heavy atom. The van der Waals surface area contributed by atoms with Gasteiger partial charge in [-0.3, -0.25) is 57.5 Å². The van der Waals surface area contributed by atoms with Crippen LogP contribution in [0.3, 0.4) is 0 Å². The number of hydrogen-bond donors (Lipinski definition) is 3. The molecule has 4 heterocycles. The average molecular weight is 1400 g/mol. The number of likely N-dealkylation sites (N-methyl/N-ethyl adjacent to an activating group) is 6. The fourth-order valence-electron chi connectivity index (χ4n) is 14.2. The lowest BCUT2D eigenvalue weighted by Crippen LogP contribution is -2.65. The number of benzene rings is 1. The summed E-state index contributed by atoms with van der Waals surface area (Å²) in [6.45, 7) is 14.1. The molecule has 5 aliphatic rings. The highest BCUT2D eigenvalue weighted by Gasteiger charge is 2.52. The Balaban J connectivity index is 1.44. The first kappa shape index (κ1) is 80.5. The molecule has 1 spiro atoms. The van der Waals surface area contributed by atoms with E-state index in [1.54, 1.807) is 18.7 Å². The third-order valence-corrected chi connectivity index (χ3v) is 21.1. The average Bonchev–Trinajstić information content (AvgIpc) is 0.916. The first-order chi connectivity index (χ1) is 46.6. The summed E-state index contributed by atoms with van der Waals surface area (Å²) in [5, 5.41) is 8.57. The second kappa shape index (κ2) is 35.2. The number of nitrogens with zero attached hydrogens (tertiary/aromatic N) is 9. The summed E-state index contributed by atoms with van der Waals surface area (Å²) in [7, 11) is 8.30. The molecule has 3 N–H and O–H groups in total. The van der Waals surface area contributed by atoms with Crippen molar-refractivity contribution in [1.29, 1.82) is 0 Å². The number of alkyl halides is 3. The fourth-order valence-corrected chi connectivity index (χ4v) is 14.2. The van der Waals surface area contributed by atoms with E-state index in [9.17, 15) is 46.7 Å². The van der Waals surface area contributed by atoms with Gasteiger partial charge >= 0.3 is 6.18 Å². The maximum absolute atomic E-state index is 15.5. The van der Waals surface area contributed by atoms with Crippen LogP contribution in [0, 0.1) is 23.6 Å². The Labute approximate surface area is 580 Å². The molecule has 1 aliphatic carbocycles. The molecule has 0 bridgehead atoms. The number of halogens is 4. The lowest BCUT2D eigenvalue weighted by atomic mass is 9.90. The molecular weight excluding hydrogens is 1290 g/mol. The van der Waals surface area contributed by atoms with Gasteiger partial charge in [-0.15, -0.1) is 0 Å². The third kappa shape index (κ3) is 19.1. The zero-order valence-electron chi connectivity index (χ0n) is 60.5. The minimum Gasteiger partial charge on any atom is -0.379 e. The van der Waals surface area contributed by atoms with Crippen LogP contribution in [0.25, 0.3) is 0 Å². The molecule has 4 saturated heterocycles. The largest absolute Gasteiger partial charge is 0.419 e. The van der Waals surface area contributed by atoms with Crippen molar-refractivity contribution in [1.82, 2.24) is 60.0 Å². The van der Waals surface area contributed by atoms with Gasteiger partial charge in [-0.1, -0.05) is 80.2 Å². The predicted molar refractivity (Wildman–Crippen MR) is 358 cm³/mol. The van der Waals surface area contributed by atoms with E-state index in [1.165, 1.54) is 78.6 Å². The van der Waals surface area contributed by atoms with Crippen LogP contribution in [0.1, 0.15) is 169 Å². The topological polar surface area (TPSA) is 279 Å². The molecule has 12 amide bonds. The normalized spacial score (nSPS) is 27.1. The van der Waals surface area contributed by atoms with E-state index in [1.807, 2.05) is 34.6 Å². The number of nitrogens with one attached hydrogen (secondary N) is 3. The van der Waals surface area contributed by atoms with Crippen LogP contribution in [0.2, 0.25) is 0 Å². The summed E-state index contributed by atoms with van der Waals surface area (Å²) < 4.78 is 61.9. The van der Waals surface area contributed by atoms with Crippen LogP contribution in [0.5, 0.6) is 0 Å². The third-order valence-electron chi connectivity index (χ3n) is 21.1. The Morgan fingerprint density at radius 3 is 1.87 bits per heavy atom. The van der Waals surface area contributed by atoms with E-state index in [0.717, 1.165) is 22.3 Å². The monoisotopic (exact) mass is 1400 g/mol. The Morgan fingerprint density at radius 1 is 0.657 bits per heavy atom. The molecule has 5 fully saturated rings. The van der Waals surface area contributed by atoms with Crippen LogP contribution in [0.4, 0.5) is 17.6 Å². The molecule has 29 heteroatoms. The van der Waals surface area contributed by atoms with Gasteiger partial charge in [0, 0.05) is 75.1 Å². The molecule has 6 rings (SSSR count). The number of fused-ring (bicyclic) bond motifs is 2. The maximum Gasteiger partial charge on any atom is 0.419 e. The summed E-state index contributed by atoms with van der Waals surface area (Å²) in [5.41, 5.74) is -3.09. The number of aryl methyl sites for hydroxylation is 1. The first-order valence-corrected chi connectivity index (χ1v) is 35.4. The number of piperidine rings is 1. The highest BCUT2D eigenvalue weighted by Crippen LogP contribution is 2.36. The van der Waals surface area contributed by atoms with Gasteiger partial charge in [0.2, 0.25) is 70.9 Å². The van der Waals surface area contributed by atoms with Crippen molar-refractivity contribution in [3.8, 4) is 0 Å². The van der Waals surface area contributed by atoms with Crippen molar-refractivity contribution < 1.29 is 79.8 Å². The molecule has 0 unspecified atom stereocenters. The van der Waals surface area contributed by atoms with Crippen molar-refractivity contribution in [3.05, 3.63) is 35.1 Å². The van der Waals surface area contributed by atoms with Crippen molar-refractivity contribution in [2.45, 2.75) is 231 Å². The van der Waals surface area contributed by atoms with Gasteiger partial charge in [0.25, 0.3) is 0 Å². The zero-order valence-corrected chi connectivity index (χ0v) is 60.5. The van der Waals surface area contributed by atoms with Gasteiger partial charge in [-0.25, -0.2) is 4.39 Å². The second-order valence-corrected chi connectivity index (χ2v) is 28.5. The first-order valence-electron chi connectivity index (χ1n) is 35.4. The van der Waals surface area contributed by atoms with Gasteiger partial charge < -0.3 is 64.8 Å². The van der Waals surface area contributed by atoms with Gasteiger partial charge in [0.05, 0.1) is 25.1 Å². The number of carbonyl (C=O) groups excluding carboxylic acids is 12. The van der Waals surface area contributed by atoms with E-state index in [0.29, 0.717) is 70.2 Å². The van der Waals surface area contributed by atoms with E-state index in [-0.39, 0.29) is 89.2 Å². The Kier molecular flexibility index (Phi) is 28.7. The molecule has 4 aliphatic heterocycles. The zero-order chi connectivity index (χ0) is 73.7. The molecular formula is C70H108F4N12O13. The number of rotatable bonds is 14. The standard InChI is InChI=1S/C70H108F4N12O13/c1-15-36-99-41-54-63(93)78(9)40-55(87)75-49(28-26-46-25-27-47(48(71)38-46)70(72,73)74)62(92)85-34-23-24-50(85)60(90)77-69(30-19-20-31-69)68(98)83(14)58(44(7)17-3)67(97)81(12)53(65(95)84-32-21-18-22-33-84)39-56(88)80(11)52(37-42(4)5)59(89)76-57(43(6)16-2)66(96)79(10)45(8)61(91)86-35-29-51(86)64(94)82(54)13/h25,27,38,42-45,49-54,57-58H,15-24,26,28-37,39-41H2,1-14H3,(H,75,87)(H,76,89)(H,77,90)/t43-,44-,45-,49-,50-,51-,52-,53-,54-,57-,58-/m0/s1. The van der Waals surface area contributed by atoms with E-state index < -0.39 is 173 Å². The highest BCUT2D eigenvalue weighted by atomic mass is 19.4.